The number of carbonyl (C=O) groups is 2. The number of benzene rings is 1. The summed E-state index contributed by atoms with van der Waals surface area (Å²) in [5.74, 6) is -1.43. The third kappa shape index (κ3) is 2.83. The number of carboxylic acids is 1. The van der Waals surface area contributed by atoms with E-state index in [1.165, 1.54) is 23.1 Å². The van der Waals surface area contributed by atoms with Crippen molar-refractivity contribution in [3.8, 4) is 0 Å². The number of hydrogen-bond acceptors (Lipinski definition) is 3. The van der Waals surface area contributed by atoms with E-state index in [1.807, 2.05) is 0 Å². The van der Waals surface area contributed by atoms with Crippen molar-refractivity contribution in [2.45, 2.75) is 12.0 Å². The Kier molecular flexibility index (Phi) is 3.71. The average Bonchev–Trinajstić information content (AvgIpc) is 2.71. The smallest absolute Gasteiger partial charge is 0.325 e. The Balaban J connectivity index is 2.20. The fraction of sp³-hybridized carbons (Fsp3) is 0.333. The summed E-state index contributed by atoms with van der Waals surface area (Å²) in [5, 5.41) is 9.73. The van der Waals surface area contributed by atoms with Crippen molar-refractivity contribution in [3.05, 3.63) is 33.8 Å². The molecule has 0 radical (unpaired) electrons. The molecule has 5 nitrogen and oxygen atoms in total. The van der Waals surface area contributed by atoms with Gasteiger partial charge in [-0.05, 0) is 24.6 Å². The van der Waals surface area contributed by atoms with E-state index in [0.29, 0.717) is 22.2 Å². The highest BCUT2D eigenvalue weighted by Gasteiger charge is 2.43. The molecule has 0 spiro atoms. The number of halogens is 2. The highest BCUT2D eigenvalue weighted by Crippen LogP contribution is 2.24. The summed E-state index contributed by atoms with van der Waals surface area (Å²) in [7, 11) is 0. The number of nitrogens with two attached hydrogens (primary N) is 1. The van der Waals surface area contributed by atoms with E-state index in [4.69, 9.17) is 34.0 Å². The second kappa shape index (κ2) is 5.00. The molecule has 3 N–H and O–H groups in total. The van der Waals surface area contributed by atoms with Crippen molar-refractivity contribution >= 4 is 35.1 Å². The zero-order valence-electron chi connectivity index (χ0n) is 9.90. The minimum atomic E-state index is -1.38. The van der Waals surface area contributed by atoms with Crippen LogP contribution in [0.15, 0.2) is 18.2 Å². The fourth-order valence-corrected chi connectivity index (χ4v) is 2.57. The van der Waals surface area contributed by atoms with Gasteiger partial charge in [0.15, 0.2) is 0 Å². The predicted octanol–water partition coefficient (Wildman–Crippen LogP) is 1.62. The molecule has 0 aromatic heterocycles. The number of likely N-dealkylation sites (tertiary alicyclic amines) is 1. The standard InChI is InChI=1S/C12H12Cl2N2O3/c13-8-3-7(4-9(14)5-8)10(17)16-2-1-12(15,6-16)11(18)19/h3-5H,1-2,6,15H2,(H,18,19). The number of carboxylic acid groups (broad SMARTS) is 1. The second-order valence-corrected chi connectivity index (χ2v) is 5.47. The monoisotopic (exact) mass is 302 g/mol. The van der Waals surface area contributed by atoms with E-state index in [9.17, 15) is 9.59 Å². The van der Waals surface area contributed by atoms with Crippen LogP contribution >= 0.6 is 23.2 Å². The molecule has 0 bridgehead atoms. The lowest BCUT2D eigenvalue weighted by atomic mass is 10.0. The molecule has 19 heavy (non-hydrogen) atoms. The van der Waals surface area contributed by atoms with E-state index in [-0.39, 0.29) is 18.9 Å². The average molecular weight is 303 g/mol. The van der Waals surface area contributed by atoms with Gasteiger partial charge >= 0.3 is 5.97 Å². The Hall–Kier alpha value is -1.30. The van der Waals surface area contributed by atoms with E-state index in [1.54, 1.807) is 0 Å². The van der Waals surface area contributed by atoms with Gasteiger partial charge in [-0.25, -0.2) is 0 Å². The van der Waals surface area contributed by atoms with Gasteiger partial charge in [-0.1, -0.05) is 23.2 Å². The summed E-state index contributed by atoms with van der Waals surface area (Å²) < 4.78 is 0. The second-order valence-electron chi connectivity index (χ2n) is 4.60. The quantitative estimate of drug-likeness (QED) is 0.869. The Morgan fingerprint density at radius 1 is 1.26 bits per heavy atom. The van der Waals surface area contributed by atoms with E-state index in [2.05, 4.69) is 0 Å². The zero-order valence-corrected chi connectivity index (χ0v) is 11.4. The molecule has 2 rings (SSSR count). The summed E-state index contributed by atoms with van der Waals surface area (Å²) in [5.41, 5.74) is 4.67. The van der Waals surface area contributed by atoms with Gasteiger partial charge in [0.25, 0.3) is 5.91 Å². The summed E-state index contributed by atoms with van der Waals surface area (Å²) in [6, 6.07) is 4.51. The first kappa shape index (κ1) is 14.1. The number of carbonyl (C=O) groups excluding carboxylic acids is 1. The van der Waals surface area contributed by atoms with Crippen LogP contribution in [0.1, 0.15) is 16.8 Å². The van der Waals surface area contributed by atoms with Crippen LogP contribution in [-0.2, 0) is 4.79 Å². The lowest BCUT2D eigenvalue weighted by Crippen LogP contribution is -2.50. The number of rotatable bonds is 2. The van der Waals surface area contributed by atoms with Crippen LogP contribution in [-0.4, -0.2) is 40.5 Å². The maximum absolute atomic E-state index is 12.2. The third-order valence-corrected chi connectivity index (χ3v) is 3.56. The lowest BCUT2D eigenvalue weighted by Gasteiger charge is -2.20. The maximum atomic E-state index is 12.2. The van der Waals surface area contributed by atoms with Crippen LogP contribution in [0.4, 0.5) is 0 Å². The molecule has 1 aliphatic heterocycles. The van der Waals surface area contributed by atoms with E-state index in [0.717, 1.165) is 0 Å². The van der Waals surface area contributed by atoms with Crippen LogP contribution in [0.3, 0.4) is 0 Å². The maximum Gasteiger partial charge on any atom is 0.325 e. The van der Waals surface area contributed by atoms with Crippen LogP contribution in [0.5, 0.6) is 0 Å². The van der Waals surface area contributed by atoms with Crippen LogP contribution in [0, 0.1) is 0 Å². The van der Waals surface area contributed by atoms with Crippen LogP contribution < -0.4 is 5.73 Å². The first-order valence-electron chi connectivity index (χ1n) is 5.59. The molecule has 7 heteroatoms. The molecule has 1 saturated heterocycles. The minimum Gasteiger partial charge on any atom is -0.480 e. The highest BCUT2D eigenvalue weighted by atomic mass is 35.5. The van der Waals surface area contributed by atoms with E-state index >= 15 is 0 Å². The van der Waals surface area contributed by atoms with Crippen molar-refractivity contribution in [3.63, 3.8) is 0 Å². The Morgan fingerprint density at radius 2 is 1.84 bits per heavy atom. The van der Waals surface area contributed by atoms with Gasteiger partial charge in [0.05, 0.1) is 0 Å². The van der Waals surface area contributed by atoms with Crippen molar-refractivity contribution in [1.82, 2.24) is 4.90 Å². The van der Waals surface area contributed by atoms with Gasteiger partial charge < -0.3 is 15.7 Å². The molecule has 1 heterocycles. The Bertz CT molecular complexity index is 530. The minimum absolute atomic E-state index is 0.0225. The molecule has 0 saturated carbocycles. The molecular formula is C12H12Cl2N2O3. The number of aliphatic carboxylic acids is 1. The van der Waals surface area contributed by atoms with E-state index < -0.39 is 11.5 Å². The van der Waals surface area contributed by atoms with Crippen molar-refractivity contribution in [1.29, 1.82) is 0 Å². The Morgan fingerprint density at radius 3 is 2.32 bits per heavy atom. The molecule has 1 aliphatic rings. The molecule has 1 unspecified atom stereocenters. The third-order valence-electron chi connectivity index (χ3n) is 3.12. The Labute approximate surface area is 119 Å². The van der Waals surface area contributed by atoms with Crippen molar-refractivity contribution < 1.29 is 14.7 Å². The van der Waals surface area contributed by atoms with Crippen molar-refractivity contribution in [2.24, 2.45) is 5.73 Å². The van der Waals surface area contributed by atoms with Gasteiger partial charge in [0, 0.05) is 28.7 Å². The van der Waals surface area contributed by atoms with Crippen LogP contribution in [0.2, 0.25) is 10.0 Å². The van der Waals surface area contributed by atoms with Gasteiger partial charge in [-0.3, -0.25) is 9.59 Å². The molecule has 102 valence electrons. The number of hydrogen-bond donors (Lipinski definition) is 2. The normalized spacial score (nSPS) is 22.6. The summed E-state index contributed by atoms with van der Waals surface area (Å²) in [6.45, 7) is 0.275. The summed E-state index contributed by atoms with van der Waals surface area (Å²) in [4.78, 5) is 24.7. The van der Waals surface area contributed by atoms with Gasteiger partial charge in [0.2, 0.25) is 0 Å². The SMILES string of the molecule is NC1(C(=O)O)CCN(C(=O)c2cc(Cl)cc(Cl)c2)C1. The molecule has 1 aromatic rings. The molecule has 1 fully saturated rings. The fourth-order valence-electron chi connectivity index (χ4n) is 2.04. The molecule has 1 atom stereocenters. The summed E-state index contributed by atoms with van der Waals surface area (Å²) >= 11 is 11.7. The van der Waals surface area contributed by atoms with Crippen LogP contribution in [0.25, 0.3) is 0 Å². The molecule has 0 aliphatic carbocycles. The molecular weight excluding hydrogens is 291 g/mol. The molecule has 1 amide bonds. The predicted molar refractivity (Wildman–Crippen MR) is 71.5 cm³/mol. The highest BCUT2D eigenvalue weighted by molar-refractivity contribution is 6.35. The summed E-state index contributed by atoms with van der Waals surface area (Å²) in [6.07, 6.45) is 0.225. The topological polar surface area (TPSA) is 83.6 Å². The number of nitrogens with zero attached hydrogens (tertiary/aromatic N) is 1. The first-order valence-corrected chi connectivity index (χ1v) is 6.35. The first-order chi connectivity index (χ1) is 8.82. The zero-order chi connectivity index (χ0) is 14.2. The van der Waals surface area contributed by atoms with Gasteiger partial charge in [0.1, 0.15) is 5.54 Å². The van der Waals surface area contributed by atoms with Gasteiger partial charge in [-0.2, -0.15) is 0 Å². The van der Waals surface area contributed by atoms with Gasteiger partial charge in [-0.15, -0.1) is 0 Å². The number of amides is 1. The van der Waals surface area contributed by atoms with Crippen molar-refractivity contribution in [2.75, 3.05) is 13.1 Å². The lowest BCUT2D eigenvalue weighted by molar-refractivity contribution is -0.142. The molecule has 1 aromatic carbocycles. The largest absolute Gasteiger partial charge is 0.480 e.